The topological polar surface area (TPSA) is 71.2 Å². The van der Waals surface area contributed by atoms with Gasteiger partial charge in [0.25, 0.3) is 5.91 Å². The highest BCUT2D eigenvalue weighted by atomic mass is 32.1. The number of nitrogens with zero attached hydrogens (tertiary/aromatic N) is 2. The maximum atomic E-state index is 12.5. The average molecular weight is 417 g/mol. The van der Waals surface area contributed by atoms with E-state index in [9.17, 15) is 4.79 Å². The van der Waals surface area contributed by atoms with Gasteiger partial charge in [0.2, 0.25) is 0 Å². The minimum Gasteiger partial charge on any atom is -0.383 e. The average Bonchev–Trinajstić information content (AvgIpc) is 3.18. The smallest absolute Gasteiger partial charge is 0.251 e. The first-order valence-corrected chi connectivity index (χ1v) is 10.6. The number of rotatable bonds is 6. The number of fused-ring (bicyclic) bond motifs is 1. The van der Waals surface area contributed by atoms with Crippen LogP contribution in [-0.2, 0) is 0 Å². The normalized spacial score (nSPS) is 11.2. The van der Waals surface area contributed by atoms with Crippen molar-refractivity contribution in [3.8, 4) is 21.6 Å². The summed E-state index contributed by atoms with van der Waals surface area (Å²) in [5, 5.41) is 4.15. The van der Waals surface area contributed by atoms with Gasteiger partial charge >= 0.3 is 0 Å². The number of hydrogen-bond donors (Lipinski definition) is 2. The molecule has 0 aliphatic carbocycles. The highest BCUT2D eigenvalue weighted by molar-refractivity contribution is 7.22. The van der Waals surface area contributed by atoms with Gasteiger partial charge in [-0.2, -0.15) is 0 Å². The summed E-state index contributed by atoms with van der Waals surface area (Å²) >= 11 is 1.70. The Morgan fingerprint density at radius 1 is 1.07 bits per heavy atom. The van der Waals surface area contributed by atoms with Crippen molar-refractivity contribution in [3.63, 3.8) is 0 Å². The maximum absolute atomic E-state index is 12.5. The second kappa shape index (κ2) is 8.65. The monoisotopic (exact) mass is 416 g/mol. The molecule has 0 saturated carbocycles. The van der Waals surface area contributed by atoms with E-state index in [0.717, 1.165) is 28.1 Å². The van der Waals surface area contributed by atoms with Crippen molar-refractivity contribution < 1.29 is 4.79 Å². The summed E-state index contributed by atoms with van der Waals surface area (Å²) in [5.74, 6) is 0.426. The van der Waals surface area contributed by atoms with Gasteiger partial charge < -0.3 is 16.0 Å². The number of carbonyl (C=O) groups excluding carboxylic acids is 1. The number of nitrogens with one attached hydrogen (secondary N) is 1. The van der Waals surface area contributed by atoms with Crippen molar-refractivity contribution in [2.45, 2.75) is 0 Å². The van der Waals surface area contributed by atoms with Gasteiger partial charge in [0.1, 0.15) is 5.82 Å². The summed E-state index contributed by atoms with van der Waals surface area (Å²) in [6.07, 6.45) is 1.76. The molecule has 0 radical (unpaired) electrons. The van der Waals surface area contributed by atoms with E-state index >= 15 is 0 Å². The van der Waals surface area contributed by atoms with Gasteiger partial charge in [0.15, 0.2) is 0 Å². The molecule has 0 aliphatic rings. The van der Waals surface area contributed by atoms with Gasteiger partial charge in [-0.25, -0.2) is 4.98 Å². The number of hydrogen-bond acceptors (Lipinski definition) is 5. The molecule has 6 heteroatoms. The molecule has 0 atom stereocenters. The van der Waals surface area contributed by atoms with Crippen LogP contribution in [0.15, 0.2) is 66.9 Å². The first-order chi connectivity index (χ1) is 14.5. The molecule has 0 unspecified atom stereocenters. The number of benzene rings is 2. The van der Waals surface area contributed by atoms with E-state index in [-0.39, 0.29) is 5.91 Å². The molecule has 0 aliphatic heterocycles. The second-order valence-electron chi connectivity index (χ2n) is 7.45. The Balaban J connectivity index is 1.63. The molecule has 4 aromatic rings. The van der Waals surface area contributed by atoms with Crippen LogP contribution in [0.3, 0.4) is 0 Å². The highest BCUT2D eigenvalue weighted by Crippen LogP contribution is 2.37. The summed E-state index contributed by atoms with van der Waals surface area (Å²) in [4.78, 5) is 20.0. The molecule has 3 N–H and O–H groups in total. The minimum absolute atomic E-state index is 0.0770. The van der Waals surface area contributed by atoms with E-state index < -0.39 is 0 Å². The van der Waals surface area contributed by atoms with E-state index in [4.69, 9.17) is 5.73 Å². The number of carbonyl (C=O) groups is 1. The summed E-state index contributed by atoms with van der Waals surface area (Å²) in [6, 6.07) is 20.1. The molecule has 2 aromatic heterocycles. The maximum Gasteiger partial charge on any atom is 0.251 e. The van der Waals surface area contributed by atoms with Crippen molar-refractivity contribution in [1.82, 2.24) is 15.2 Å². The Bertz CT molecular complexity index is 1170. The van der Waals surface area contributed by atoms with Gasteiger partial charge in [0.05, 0.1) is 0 Å². The van der Waals surface area contributed by atoms with E-state index in [2.05, 4.69) is 34.6 Å². The van der Waals surface area contributed by atoms with Crippen LogP contribution < -0.4 is 11.1 Å². The lowest BCUT2D eigenvalue weighted by Crippen LogP contribution is -2.31. The van der Waals surface area contributed by atoms with Crippen molar-refractivity contribution in [2.75, 3.05) is 32.9 Å². The lowest BCUT2D eigenvalue weighted by atomic mass is 10.0. The van der Waals surface area contributed by atoms with Crippen LogP contribution in [0.1, 0.15) is 10.4 Å². The van der Waals surface area contributed by atoms with Crippen molar-refractivity contribution >= 4 is 33.1 Å². The lowest BCUT2D eigenvalue weighted by molar-refractivity contribution is 0.0951. The molecule has 0 fully saturated rings. The number of amides is 1. The Hall–Kier alpha value is -3.22. The highest BCUT2D eigenvalue weighted by Gasteiger charge is 2.12. The number of nitrogens with two attached hydrogens (primary N) is 1. The Morgan fingerprint density at radius 3 is 2.70 bits per heavy atom. The zero-order chi connectivity index (χ0) is 21.1. The predicted octanol–water partition coefficient (Wildman–Crippen LogP) is 4.50. The summed E-state index contributed by atoms with van der Waals surface area (Å²) in [7, 11) is 3.96. The lowest BCUT2D eigenvalue weighted by Gasteiger charge is -2.11. The molecule has 5 nitrogen and oxygen atoms in total. The largest absolute Gasteiger partial charge is 0.383 e. The molecular weight excluding hydrogens is 392 g/mol. The quantitative estimate of drug-likeness (QED) is 0.485. The molecule has 30 heavy (non-hydrogen) atoms. The van der Waals surface area contributed by atoms with Crippen molar-refractivity contribution in [3.05, 3.63) is 72.4 Å². The van der Waals surface area contributed by atoms with Crippen LogP contribution in [0.5, 0.6) is 0 Å². The van der Waals surface area contributed by atoms with E-state index in [1.54, 1.807) is 17.5 Å². The summed E-state index contributed by atoms with van der Waals surface area (Å²) < 4.78 is 1.22. The number of likely N-dealkylation sites (N-methyl/N-ethyl adjacent to an activating group) is 1. The second-order valence-corrected chi connectivity index (χ2v) is 8.53. The van der Waals surface area contributed by atoms with Crippen LogP contribution in [0, 0.1) is 0 Å². The number of pyridine rings is 1. The first kappa shape index (κ1) is 20.1. The van der Waals surface area contributed by atoms with Crippen molar-refractivity contribution in [1.29, 1.82) is 0 Å². The fourth-order valence-electron chi connectivity index (χ4n) is 3.28. The van der Waals surface area contributed by atoms with Gasteiger partial charge in [0, 0.05) is 45.6 Å². The fraction of sp³-hybridized carbons (Fsp3) is 0.167. The molecule has 1 amide bonds. The molecule has 2 aromatic carbocycles. The third-order valence-electron chi connectivity index (χ3n) is 4.91. The molecule has 4 rings (SSSR count). The van der Waals surface area contributed by atoms with Gasteiger partial charge in [-0.3, -0.25) is 4.79 Å². The minimum atomic E-state index is -0.0770. The van der Waals surface area contributed by atoms with Crippen LogP contribution >= 0.6 is 11.3 Å². The Morgan fingerprint density at radius 2 is 1.90 bits per heavy atom. The number of thiophene rings is 1. The molecule has 2 heterocycles. The SMILES string of the molecule is CN(C)CCNC(=O)c1cccc(-c2cnc(N)c(-c3cc4ccccc4s3)c2)c1. The van der Waals surface area contributed by atoms with Gasteiger partial charge in [-0.05, 0) is 55.4 Å². The standard InChI is InChI=1S/C24H24N4OS/c1-28(2)11-10-26-24(29)18-8-5-7-16(12-18)19-13-20(23(25)27-15-19)22-14-17-6-3-4-9-21(17)30-22/h3-9,12-15H,10-11H2,1-2H3,(H2,25,27)(H,26,29). The Kier molecular flexibility index (Phi) is 5.79. The molecule has 0 bridgehead atoms. The van der Waals surface area contributed by atoms with Crippen LogP contribution in [0.25, 0.3) is 31.7 Å². The Labute approximate surface area is 180 Å². The van der Waals surface area contributed by atoms with E-state index in [1.807, 2.05) is 55.4 Å². The van der Waals surface area contributed by atoms with Gasteiger partial charge in [-0.15, -0.1) is 11.3 Å². The molecule has 0 saturated heterocycles. The van der Waals surface area contributed by atoms with Crippen LogP contribution in [-0.4, -0.2) is 43.0 Å². The van der Waals surface area contributed by atoms with Crippen molar-refractivity contribution in [2.24, 2.45) is 0 Å². The predicted molar refractivity (Wildman–Crippen MR) is 126 cm³/mol. The zero-order valence-corrected chi connectivity index (χ0v) is 17.9. The summed E-state index contributed by atoms with van der Waals surface area (Å²) in [5.41, 5.74) is 9.61. The number of nitrogen functional groups attached to an aromatic ring is 1. The molecule has 152 valence electrons. The first-order valence-electron chi connectivity index (χ1n) is 9.79. The fourth-order valence-corrected chi connectivity index (χ4v) is 4.37. The molecular formula is C24H24N4OS. The third-order valence-corrected chi connectivity index (χ3v) is 6.06. The third kappa shape index (κ3) is 4.35. The van der Waals surface area contributed by atoms with Crippen LogP contribution in [0.2, 0.25) is 0 Å². The van der Waals surface area contributed by atoms with Crippen LogP contribution in [0.4, 0.5) is 5.82 Å². The number of aromatic nitrogens is 1. The van der Waals surface area contributed by atoms with E-state index in [1.165, 1.54) is 10.1 Å². The van der Waals surface area contributed by atoms with Gasteiger partial charge in [-0.1, -0.05) is 30.3 Å². The molecule has 0 spiro atoms. The zero-order valence-electron chi connectivity index (χ0n) is 17.1. The summed E-state index contributed by atoms with van der Waals surface area (Å²) in [6.45, 7) is 1.40. The van der Waals surface area contributed by atoms with E-state index in [0.29, 0.717) is 17.9 Å². The number of anilines is 1.